The molecule has 1 aliphatic heterocycles. The fraction of sp³-hybridized carbons (Fsp3) is 0.500. The molecule has 1 aromatic carbocycles. The van der Waals surface area contributed by atoms with E-state index in [1.54, 1.807) is 18.2 Å². The molecule has 0 saturated carbocycles. The predicted molar refractivity (Wildman–Crippen MR) is 59.0 cm³/mol. The highest BCUT2D eigenvalue weighted by Crippen LogP contribution is 2.34. The molecule has 0 saturated heterocycles. The van der Waals surface area contributed by atoms with Gasteiger partial charge in [0, 0.05) is 0 Å². The number of aliphatic hydroxyl groups is 1. The minimum atomic E-state index is -4.25. The van der Waals surface area contributed by atoms with Gasteiger partial charge < -0.3 is 19.3 Å². The van der Waals surface area contributed by atoms with Gasteiger partial charge in [-0.15, -0.1) is 0 Å². The van der Waals surface area contributed by atoms with E-state index in [9.17, 15) is 18.3 Å². The lowest BCUT2D eigenvalue weighted by molar-refractivity contribution is -0.147. The van der Waals surface area contributed by atoms with Gasteiger partial charge >= 0.3 is 6.18 Å². The molecule has 0 fully saturated rings. The van der Waals surface area contributed by atoms with Gasteiger partial charge in [0.15, 0.2) is 11.5 Å². The van der Waals surface area contributed by atoms with Gasteiger partial charge in [0.2, 0.25) is 6.79 Å². The summed E-state index contributed by atoms with van der Waals surface area (Å²) in [7, 11) is 0. The van der Waals surface area contributed by atoms with E-state index < -0.39 is 25.3 Å². The molecule has 0 aliphatic carbocycles. The quantitative estimate of drug-likeness (QED) is 0.840. The first-order chi connectivity index (χ1) is 8.96. The van der Waals surface area contributed by atoms with Gasteiger partial charge in [0.25, 0.3) is 0 Å². The van der Waals surface area contributed by atoms with Crippen LogP contribution >= 0.6 is 0 Å². The van der Waals surface area contributed by atoms with Crippen molar-refractivity contribution in [1.29, 1.82) is 0 Å². The van der Waals surface area contributed by atoms with Crippen LogP contribution in [0.3, 0.4) is 0 Å². The van der Waals surface area contributed by atoms with Crippen molar-refractivity contribution in [3.05, 3.63) is 23.8 Å². The Kier molecular flexibility index (Phi) is 4.16. The normalized spacial score (nSPS) is 15.6. The van der Waals surface area contributed by atoms with E-state index in [0.29, 0.717) is 17.1 Å². The molecule has 1 aromatic rings. The number of hydrogen-bond donors (Lipinski definition) is 1. The minimum Gasteiger partial charge on any atom is -0.454 e. The lowest BCUT2D eigenvalue weighted by Gasteiger charge is -2.13. The number of fused-ring (bicyclic) bond motifs is 1. The van der Waals surface area contributed by atoms with Crippen molar-refractivity contribution in [2.75, 3.05) is 20.0 Å². The van der Waals surface area contributed by atoms with Crippen LogP contribution in [0.4, 0.5) is 13.2 Å². The van der Waals surface area contributed by atoms with Crippen LogP contribution in [-0.2, 0) is 4.74 Å². The topological polar surface area (TPSA) is 47.9 Å². The van der Waals surface area contributed by atoms with Crippen molar-refractivity contribution >= 4 is 0 Å². The Morgan fingerprint density at radius 3 is 2.74 bits per heavy atom. The highest BCUT2D eigenvalue weighted by Gasteiger charge is 2.26. The molecule has 0 spiro atoms. The van der Waals surface area contributed by atoms with E-state index in [1.165, 1.54) is 0 Å². The van der Waals surface area contributed by atoms with Gasteiger partial charge in [-0.3, -0.25) is 0 Å². The van der Waals surface area contributed by atoms with E-state index in [4.69, 9.17) is 14.2 Å². The second kappa shape index (κ2) is 5.66. The summed E-state index contributed by atoms with van der Waals surface area (Å²) in [6, 6.07) is 4.84. The zero-order valence-corrected chi connectivity index (χ0v) is 9.94. The first-order valence-electron chi connectivity index (χ1n) is 5.68. The van der Waals surface area contributed by atoms with Crippen molar-refractivity contribution in [2.45, 2.75) is 18.7 Å². The summed E-state index contributed by atoms with van der Waals surface area (Å²) >= 11 is 0. The Hall–Kier alpha value is -1.47. The lowest BCUT2D eigenvalue weighted by atomic mass is 10.1. The summed E-state index contributed by atoms with van der Waals surface area (Å²) in [4.78, 5) is 0. The van der Waals surface area contributed by atoms with Crippen molar-refractivity contribution in [3.8, 4) is 11.5 Å². The van der Waals surface area contributed by atoms with Crippen LogP contribution in [0.5, 0.6) is 11.5 Å². The molecule has 0 aromatic heterocycles. The van der Waals surface area contributed by atoms with Crippen LogP contribution in [-0.4, -0.2) is 31.3 Å². The molecule has 1 N–H and O–H groups in total. The second-order valence-corrected chi connectivity index (χ2v) is 4.07. The smallest absolute Gasteiger partial charge is 0.391 e. The third kappa shape index (κ3) is 4.00. The second-order valence-electron chi connectivity index (χ2n) is 4.07. The summed E-state index contributed by atoms with van der Waals surface area (Å²) in [5.41, 5.74) is 0.510. The molecular formula is C12H13F3O4. The van der Waals surface area contributed by atoms with Crippen LogP contribution in [0.1, 0.15) is 18.1 Å². The van der Waals surface area contributed by atoms with Crippen molar-refractivity contribution in [3.63, 3.8) is 0 Å². The van der Waals surface area contributed by atoms with Crippen molar-refractivity contribution in [2.24, 2.45) is 0 Å². The van der Waals surface area contributed by atoms with Crippen LogP contribution in [0.15, 0.2) is 18.2 Å². The third-order valence-corrected chi connectivity index (χ3v) is 2.59. The monoisotopic (exact) mass is 278 g/mol. The molecule has 1 heterocycles. The Morgan fingerprint density at radius 2 is 2.00 bits per heavy atom. The Balaban J connectivity index is 1.81. The van der Waals surface area contributed by atoms with Gasteiger partial charge in [-0.05, 0) is 17.7 Å². The summed E-state index contributed by atoms with van der Waals surface area (Å²) in [5.74, 6) is 1.08. The number of halogens is 3. The average Bonchev–Trinajstić information content (AvgIpc) is 2.80. The zero-order chi connectivity index (χ0) is 13.9. The van der Waals surface area contributed by atoms with E-state index in [0.717, 1.165) is 0 Å². The molecule has 1 unspecified atom stereocenters. The number of benzene rings is 1. The minimum absolute atomic E-state index is 0.122. The molecule has 1 atom stereocenters. The van der Waals surface area contributed by atoms with Crippen molar-refractivity contribution < 1.29 is 32.5 Å². The maximum absolute atomic E-state index is 11.9. The number of hydrogen-bond acceptors (Lipinski definition) is 4. The first kappa shape index (κ1) is 14.0. The molecule has 0 radical (unpaired) electrons. The molecule has 7 heteroatoms. The highest BCUT2D eigenvalue weighted by molar-refractivity contribution is 5.45. The Morgan fingerprint density at radius 1 is 1.26 bits per heavy atom. The van der Waals surface area contributed by atoms with Crippen LogP contribution in [0.25, 0.3) is 0 Å². The first-order valence-corrected chi connectivity index (χ1v) is 5.68. The molecule has 2 rings (SSSR count). The molecule has 1 aliphatic rings. The summed E-state index contributed by atoms with van der Waals surface area (Å²) in [6.07, 6.45) is -6.27. The largest absolute Gasteiger partial charge is 0.454 e. The fourth-order valence-corrected chi connectivity index (χ4v) is 1.60. The van der Waals surface area contributed by atoms with Gasteiger partial charge in [-0.1, -0.05) is 6.07 Å². The number of aliphatic hydroxyl groups excluding tert-OH is 1. The van der Waals surface area contributed by atoms with Gasteiger partial charge in [0.05, 0.1) is 19.6 Å². The van der Waals surface area contributed by atoms with Crippen molar-refractivity contribution in [1.82, 2.24) is 0 Å². The number of alkyl halides is 3. The van der Waals surface area contributed by atoms with E-state index in [2.05, 4.69) is 0 Å². The molecule has 19 heavy (non-hydrogen) atoms. The van der Waals surface area contributed by atoms with E-state index in [1.807, 2.05) is 0 Å². The average molecular weight is 278 g/mol. The number of ether oxygens (including phenoxy) is 3. The summed E-state index contributed by atoms with van der Waals surface area (Å²) in [5, 5.41) is 9.78. The zero-order valence-electron chi connectivity index (χ0n) is 9.94. The van der Waals surface area contributed by atoms with Gasteiger partial charge in [-0.2, -0.15) is 13.2 Å². The maximum atomic E-state index is 11.9. The fourth-order valence-electron chi connectivity index (χ4n) is 1.60. The molecule has 106 valence electrons. The molecule has 0 bridgehead atoms. The van der Waals surface area contributed by atoms with Crippen LogP contribution < -0.4 is 9.47 Å². The Bertz CT molecular complexity index is 433. The molecular weight excluding hydrogens is 265 g/mol. The van der Waals surface area contributed by atoms with Crippen LogP contribution in [0.2, 0.25) is 0 Å². The van der Waals surface area contributed by atoms with Gasteiger partial charge in [-0.25, -0.2) is 0 Å². The molecule has 4 nitrogen and oxygen atoms in total. The van der Waals surface area contributed by atoms with E-state index in [-0.39, 0.29) is 13.4 Å². The maximum Gasteiger partial charge on any atom is 0.391 e. The number of rotatable bonds is 5. The predicted octanol–water partition coefficient (Wildman–Crippen LogP) is 2.42. The van der Waals surface area contributed by atoms with Crippen LogP contribution in [0, 0.1) is 0 Å². The SMILES string of the molecule is OC(COCCC(F)(F)F)c1ccc2c(c1)OCO2. The third-order valence-electron chi connectivity index (χ3n) is 2.59. The van der Waals surface area contributed by atoms with E-state index >= 15 is 0 Å². The lowest BCUT2D eigenvalue weighted by Crippen LogP contribution is -2.14. The summed E-state index contributed by atoms with van der Waals surface area (Å²) in [6.45, 7) is -0.544. The highest BCUT2D eigenvalue weighted by atomic mass is 19.4. The van der Waals surface area contributed by atoms with Gasteiger partial charge in [0.1, 0.15) is 6.10 Å². The molecule has 0 amide bonds. The standard InChI is InChI=1S/C12H13F3O4/c13-12(14,15)3-4-17-6-9(16)8-1-2-10-11(5-8)19-7-18-10/h1-2,5,9,16H,3-4,6-7H2. The summed E-state index contributed by atoms with van der Waals surface area (Å²) < 4.78 is 50.7. The Labute approximate surface area is 107 Å².